The zero-order chi connectivity index (χ0) is 14.0. The molecule has 0 aromatic heterocycles. The second kappa shape index (κ2) is 5.51. The van der Waals surface area contributed by atoms with E-state index < -0.39 is 0 Å². The van der Waals surface area contributed by atoms with Gasteiger partial charge in [0.25, 0.3) is 0 Å². The Balaban J connectivity index is 2.40. The summed E-state index contributed by atoms with van der Waals surface area (Å²) in [4.78, 5) is 2.49. The normalized spacial score (nSPS) is 22.6. The summed E-state index contributed by atoms with van der Waals surface area (Å²) in [6.07, 6.45) is 0.809. The Hall–Kier alpha value is -1.06. The lowest BCUT2D eigenvalue weighted by Gasteiger charge is -2.50. The maximum atomic E-state index is 9.31. The van der Waals surface area contributed by atoms with Crippen molar-refractivity contribution < 1.29 is 5.11 Å². The molecule has 1 saturated heterocycles. The highest BCUT2D eigenvalue weighted by Gasteiger charge is 2.36. The molecule has 0 radical (unpaired) electrons. The fraction of sp³-hybridized carbons (Fsp3) is 0.625. The second-order valence-electron chi connectivity index (χ2n) is 6.27. The van der Waals surface area contributed by atoms with Crippen LogP contribution in [0.5, 0.6) is 0 Å². The summed E-state index contributed by atoms with van der Waals surface area (Å²) in [5.74, 6) is 0. The van der Waals surface area contributed by atoms with E-state index in [-0.39, 0.29) is 12.1 Å². The summed E-state index contributed by atoms with van der Waals surface area (Å²) in [6.45, 7) is 11.0. The molecule has 1 aromatic rings. The van der Waals surface area contributed by atoms with Crippen LogP contribution < -0.4 is 10.2 Å². The lowest BCUT2D eigenvalue weighted by molar-refractivity contribution is 0.241. The molecule has 0 aliphatic carbocycles. The number of rotatable bonds is 3. The summed E-state index contributed by atoms with van der Waals surface area (Å²) in [5, 5.41) is 12.8. The second-order valence-corrected chi connectivity index (χ2v) is 6.27. The number of nitrogens with zero attached hydrogens (tertiary/aromatic N) is 1. The van der Waals surface area contributed by atoms with Gasteiger partial charge in [-0.3, -0.25) is 0 Å². The average molecular weight is 262 g/mol. The van der Waals surface area contributed by atoms with Gasteiger partial charge in [-0.15, -0.1) is 0 Å². The minimum Gasteiger partial charge on any atom is -0.396 e. The number of aliphatic hydroxyl groups is 1. The molecular formula is C16H26N2O. The number of piperazine rings is 1. The van der Waals surface area contributed by atoms with Gasteiger partial charge in [0.1, 0.15) is 0 Å². The molecule has 1 heterocycles. The van der Waals surface area contributed by atoms with Crippen molar-refractivity contribution in [3.8, 4) is 0 Å². The zero-order valence-electron chi connectivity index (χ0n) is 12.5. The van der Waals surface area contributed by atoms with Crippen LogP contribution in [0, 0.1) is 13.8 Å². The highest BCUT2D eigenvalue weighted by molar-refractivity contribution is 5.57. The number of hydrogen-bond donors (Lipinski definition) is 2. The number of hydrogen-bond acceptors (Lipinski definition) is 3. The molecular weight excluding hydrogens is 236 g/mol. The van der Waals surface area contributed by atoms with Gasteiger partial charge in [0.15, 0.2) is 0 Å². The quantitative estimate of drug-likeness (QED) is 0.877. The highest BCUT2D eigenvalue weighted by atomic mass is 16.3. The van der Waals surface area contributed by atoms with Gasteiger partial charge in [0, 0.05) is 37.0 Å². The van der Waals surface area contributed by atoms with Crippen LogP contribution in [0.2, 0.25) is 0 Å². The lowest BCUT2D eigenvalue weighted by Crippen LogP contribution is -2.63. The van der Waals surface area contributed by atoms with Crippen LogP contribution in [0.15, 0.2) is 18.2 Å². The van der Waals surface area contributed by atoms with Gasteiger partial charge in [-0.1, -0.05) is 17.7 Å². The molecule has 0 spiro atoms. The van der Waals surface area contributed by atoms with Crippen molar-refractivity contribution >= 4 is 5.69 Å². The topological polar surface area (TPSA) is 35.5 Å². The number of aliphatic hydroxyl groups excluding tert-OH is 1. The molecule has 1 aliphatic rings. The van der Waals surface area contributed by atoms with E-state index in [0.717, 1.165) is 19.5 Å². The standard InChI is InChI=1S/C16H26N2O/c1-12-5-6-15(13(2)9-12)18-14(7-8-19)10-17-11-16(18,3)4/h5-6,9,14,17,19H,7-8,10-11H2,1-4H3. The molecule has 0 saturated carbocycles. The van der Waals surface area contributed by atoms with Gasteiger partial charge in [-0.25, -0.2) is 0 Å². The first kappa shape index (κ1) is 14.4. The third kappa shape index (κ3) is 2.93. The third-order valence-electron chi connectivity index (χ3n) is 4.03. The molecule has 1 atom stereocenters. The Labute approximate surface area is 116 Å². The fourth-order valence-electron chi connectivity index (χ4n) is 3.19. The van der Waals surface area contributed by atoms with Crippen molar-refractivity contribution in [1.82, 2.24) is 5.32 Å². The van der Waals surface area contributed by atoms with Gasteiger partial charge in [-0.2, -0.15) is 0 Å². The van der Waals surface area contributed by atoms with Crippen LogP contribution in [0.1, 0.15) is 31.4 Å². The molecule has 2 N–H and O–H groups in total. The lowest BCUT2D eigenvalue weighted by atomic mass is 9.92. The first-order valence-corrected chi connectivity index (χ1v) is 7.14. The minimum absolute atomic E-state index is 0.0676. The maximum absolute atomic E-state index is 9.31. The molecule has 1 aromatic carbocycles. The third-order valence-corrected chi connectivity index (χ3v) is 4.03. The van der Waals surface area contributed by atoms with Crippen molar-refractivity contribution in [2.24, 2.45) is 0 Å². The van der Waals surface area contributed by atoms with Gasteiger partial charge >= 0.3 is 0 Å². The Morgan fingerprint density at radius 1 is 1.37 bits per heavy atom. The predicted octanol–water partition coefficient (Wildman–Crippen LogP) is 2.24. The summed E-state index contributed by atoms with van der Waals surface area (Å²) in [6, 6.07) is 7.00. The summed E-state index contributed by atoms with van der Waals surface area (Å²) in [7, 11) is 0. The van der Waals surface area contributed by atoms with Gasteiger partial charge < -0.3 is 15.3 Å². The number of nitrogens with one attached hydrogen (secondary N) is 1. The average Bonchev–Trinajstić information content (AvgIpc) is 2.31. The Kier molecular flexibility index (Phi) is 4.16. The van der Waals surface area contributed by atoms with E-state index in [0.29, 0.717) is 6.04 Å². The number of aryl methyl sites for hydroxylation is 2. The van der Waals surface area contributed by atoms with Crippen molar-refractivity contribution in [3.63, 3.8) is 0 Å². The van der Waals surface area contributed by atoms with Crippen molar-refractivity contribution in [2.45, 2.75) is 45.7 Å². The van der Waals surface area contributed by atoms with E-state index in [1.807, 2.05) is 0 Å². The van der Waals surface area contributed by atoms with E-state index in [4.69, 9.17) is 0 Å². The first-order valence-electron chi connectivity index (χ1n) is 7.14. The van der Waals surface area contributed by atoms with E-state index in [1.54, 1.807) is 0 Å². The molecule has 0 amide bonds. The van der Waals surface area contributed by atoms with Crippen molar-refractivity contribution in [3.05, 3.63) is 29.3 Å². The van der Waals surface area contributed by atoms with Crippen LogP contribution in [-0.2, 0) is 0 Å². The Bertz CT molecular complexity index is 440. The van der Waals surface area contributed by atoms with Gasteiger partial charge in [0.2, 0.25) is 0 Å². The van der Waals surface area contributed by atoms with Crippen LogP contribution in [0.4, 0.5) is 5.69 Å². The van der Waals surface area contributed by atoms with Gasteiger partial charge in [0.05, 0.1) is 0 Å². The molecule has 0 bridgehead atoms. The van der Waals surface area contributed by atoms with E-state index in [1.165, 1.54) is 16.8 Å². The fourth-order valence-corrected chi connectivity index (χ4v) is 3.19. The molecule has 2 rings (SSSR count). The maximum Gasteiger partial charge on any atom is 0.0474 e. The van der Waals surface area contributed by atoms with Crippen LogP contribution in [0.3, 0.4) is 0 Å². The van der Waals surface area contributed by atoms with Crippen LogP contribution in [0.25, 0.3) is 0 Å². The zero-order valence-corrected chi connectivity index (χ0v) is 12.5. The molecule has 1 fully saturated rings. The van der Waals surface area contributed by atoms with Gasteiger partial charge in [-0.05, 0) is 45.7 Å². The molecule has 106 valence electrons. The van der Waals surface area contributed by atoms with Crippen molar-refractivity contribution in [2.75, 3.05) is 24.6 Å². The van der Waals surface area contributed by atoms with Crippen LogP contribution >= 0.6 is 0 Å². The largest absolute Gasteiger partial charge is 0.396 e. The van der Waals surface area contributed by atoms with Crippen molar-refractivity contribution in [1.29, 1.82) is 0 Å². The predicted molar refractivity (Wildman–Crippen MR) is 80.8 cm³/mol. The molecule has 3 heteroatoms. The molecule has 19 heavy (non-hydrogen) atoms. The molecule has 3 nitrogen and oxygen atoms in total. The van der Waals surface area contributed by atoms with E-state index in [2.05, 4.69) is 56.1 Å². The Morgan fingerprint density at radius 2 is 2.11 bits per heavy atom. The SMILES string of the molecule is Cc1ccc(N2C(CCO)CNCC2(C)C)c(C)c1. The molecule has 1 aliphatic heterocycles. The van der Waals surface area contributed by atoms with E-state index >= 15 is 0 Å². The van der Waals surface area contributed by atoms with Crippen LogP contribution in [-0.4, -0.2) is 36.4 Å². The number of anilines is 1. The summed E-state index contributed by atoms with van der Waals surface area (Å²) >= 11 is 0. The minimum atomic E-state index is 0.0676. The highest BCUT2D eigenvalue weighted by Crippen LogP contribution is 2.32. The Morgan fingerprint density at radius 3 is 2.74 bits per heavy atom. The smallest absolute Gasteiger partial charge is 0.0474 e. The first-order chi connectivity index (χ1) is 8.95. The summed E-state index contributed by atoms with van der Waals surface area (Å²) in [5.41, 5.74) is 3.99. The van der Waals surface area contributed by atoms with E-state index in [9.17, 15) is 5.11 Å². The molecule has 1 unspecified atom stereocenters. The number of benzene rings is 1. The monoisotopic (exact) mass is 262 g/mol. The summed E-state index contributed by atoms with van der Waals surface area (Å²) < 4.78 is 0.